The number of hydrogen-bond donors (Lipinski definition) is 2. The number of nitrogen functional groups attached to an aromatic ring is 1. The standard InChI is InChI=1S/C8H8N2O2S/c1-13-7-3-5-6(2-4(7)9)12-8(11)10-5/h2-3H,9H2,1H3,(H,10,11). The van der Waals surface area contributed by atoms with Gasteiger partial charge in [0, 0.05) is 16.6 Å². The minimum Gasteiger partial charge on any atom is -0.408 e. The fraction of sp³-hybridized carbons (Fsp3) is 0.125. The van der Waals surface area contributed by atoms with Crippen molar-refractivity contribution in [3.63, 3.8) is 0 Å². The van der Waals surface area contributed by atoms with Crippen molar-refractivity contribution in [2.24, 2.45) is 0 Å². The molecule has 0 amide bonds. The summed E-state index contributed by atoms with van der Waals surface area (Å²) in [7, 11) is 0. The van der Waals surface area contributed by atoms with E-state index < -0.39 is 5.76 Å². The number of rotatable bonds is 1. The molecular formula is C8H8N2O2S. The number of anilines is 1. The third-order valence-corrected chi connectivity index (χ3v) is 2.56. The lowest BCUT2D eigenvalue weighted by atomic mass is 10.3. The van der Waals surface area contributed by atoms with Crippen LogP contribution in [0.1, 0.15) is 0 Å². The van der Waals surface area contributed by atoms with E-state index >= 15 is 0 Å². The lowest BCUT2D eigenvalue weighted by molar-refractivity contribution is 0.555. The van der Waals surface area contributed by atoms with E-state index in [1.807, 2.05) is 6.26 Å². The highest BCUT2D eigenvalue weighted by Crippen LogP contribution is 2.26. The Bertz CT molecular complexity index is 500. The molecule has 0 bridgehead atoms. The number of aromatic amines is 1. The third-order valence-electron chi connectivity index (χ3n) is 1.77. The number of hydrogen-bond acceptors (Lipinski definition) is 4. The molecule has 0 aliphatic rings. The predicted octanol–water partition coefficient (Wildman–Crippen LogP) is 1.43. The van der Waals surface area contributed by atoms with Crippen LogP contribution in [0.15, 0.2) is 26.2 Å². The first kappa shape index (κ1) is 8.25. The van der Waals surface area contributed by atoms with Crippen LogP contribution in [0.4, 0.5) is 5.69 Å². The SMILES string of the molecule is CSc1cc2[nH]c(=O)oc2cc1N. The van der Waals surface area contributed by atoms with E-state index in [2.05, 4.69) is 4.98 Å². The van der Waals surface area contributed by atoms with E-state index in [-0.39, 0.29) is 0 Å². The molecule has 4 nitrogen and oxygen atoms in total. The Morgan fingerprint density at radius 2 is 2.31 bits per heavy atom. The molecule has 5 heteroatoms. The molecule has 3 N–H and O–H groups in total. The maximum atomic E-state index is 10.8. The number of aromatic nitrogens is 1. The molecule has 0 atom stereocenters. The summed E-state index contributed by atoms with van der Waals surface area (Å²) >= 11 is 1.53. The molecule has 0 radical (unpaired) electrons. The van der Waals surface area contributed by atoms with Crippen molar-refractivity contribution in [1.82, 2.24) is 4.98 Å². The van der Waals surface area contributed by atoms with Crippen molar-refractivity contribution in [3.8, 4) is 0 Å². The van der Waals surface area contributed by atoms with Crippen molar-refractivity contribution in [3.05, 3.63) is 22.7 Å². The molecule has 0 aliphatic heterocycles. The van der Waals surface area contributed by atoms with Gasteiger partial charge in [-0.1, -0.05) is 0 Å². The Balaban J connectivity index is 2.80. The van der Waals surface area contributed by atoms with Crippen LogP contribution in [-0.2, 0) is 0 Å². The van der Waals surface area contributed by atoms with Gasteiger partial charge < -0.3 is 10.2 Å². The van der Waals surface area contributed by atoms with Gasteiger partial charge in [0.25, 0.3) is 0 Å². The second kappa shape index (κ2) is 2.85. The number of oxazole rings is 1. The topological polar surface area (TPSA) is 72.0 Å². The zero-order valence-corrected chi connectivity index (χ0v) is 7.77. The Morgan fingerprint density at radius 1 is 1.54 bits per heavy atom. The van der Waals surface area contributed by atoms with Gasteiger partial charge in [0.05, 0.1) is 5.52 Å². The summed E-state index contributed by atoms with van der Waals surface area (Å²) < 4.78 is 4.85. The monoisotopic (exact) mass is 196 g/mol. The summed E-state index contributed by atoms with van der Waals surface area (Å²) in [5, 5.41) is 0. The third kappa shape index (κ3) is 1.31. The molecule has 68 valence electrons. The summed E-state index contributed by atoms with van der Waals surface area (Å²) in [6.45, 7) is 0. The molecule has 0 spiro atoms. The van der Waals surface area contributed by atoms with E-state index in [1.165, 1.54) is 11.8 Å². The van der Waals surface area contributed by atoms with Crippen LogP contribution in [0.25, 0.3) is 11.1 Å². The van der Waals surface area contributed by atoms with Gasteiger partial charge in [0.15, 0.2) is 5.58 Å². The summed E-state index contributed by atoms with van der Waals surface area (Å²) in [5.41, 5.74) is 7.52. The van der Waals surface area contributed by atoms with Crippen LogP contribution in [0.5, 0.6) is 0 Å². The molecule has 1 aromatic heterocycles. The lowest BCUT2D eigenvalue weighted by Gasteiger charge is -1.99. The van der Waals surface area contributed by atoms with Crippen LogP contribution in [-0.4, -0.2) is 11.2 Å². The normalized spacial score (nSPS) is 10.8. The number of H-pyrrole nitrogens is 1. The number of nitrogens with two attached hydrogens (primary N) is 1. The minimum atomic E-state index is -0.451. The second-order valence-corrected chi connectivity index (χ2v) is 3.45. The molecule has 1 heterocycles. The molecule has 2 aromatic rings. The molecule has 2 rings (SSSR count). The fourth-order valence-electron chi connectivity index (χ4n) is 1.17. The van der Waals surface area contributed by atoms with Crippen molar-refractivity contribution in [2.45, 2.75) is 4.90 Å². The van der Waals surface area contributed by atoms with E-state index in [9.17, 15) is 4.79 Å². The van der Waals surface area contributed by atoms with Crippen molar-refractivity contribution in [1.29, 1.82) is 0 Å². The van der Waals surface area contributed by atoms with Gasteiger partial charge in [-0.3, -0.25) is 4.98 Å². The molecule has 0 unspecified atom stereocenters. The quantitative estimate of drug-likeness (QED) is 0.534. The van der Waals surface area contributed by atoms with Crippen LogP contribution in [0.2, 0.25) is 0 Å². The van der Waals surface area contributed by atoms with Crippen molar-refractivity contribution < 1.29 is 4.42 Å². The molecular weight excluding hydrogens is 188 g/mol. The number of thioether (sulfide) groups is 1. The highest BCUT2D eigenvalue weighted by atomic mass is 32.2. The molecule has 13 heavy (non-hydrogen) atoms. The zero-order chi connectivity index (χ0) is 9.42. The van der Waals surface area contributed by atoms with Crippen LogP contribution >= 0.6 is 11.8 Å². The van der Waals surface area contributed by atoms with Crippen LogP contribution < -0.4 is 11.5 Å². The zero-order valence-electron chi connectivity index (χ0n) is 6.96. The first-order chi connectivity index (χ1) is 6.20. The first-order valence-electron chi connectivity index (χ1n) is 3.67. The van der Waals surface area contributed by atoms with Gasteiger partial charge in [-0.25, -0.2) is 4.79 Å². The van der Waals surface area contributed by atoms with Crippen LogP contribution in [0.3, 0.4) is 0 Å². The Kier molecular flexibility index (Phi) is 1.81. The molecule has 0 saturated heterocycles. The summed E-state index contributed by atoms with van der Waals surface area (Å²) in [6.07, 6.45) is 1.93. The van der Waals surface area contributed by atoms with Crippen molar-refractivity contribution in [2.75, 3.05) is 12.0 Å². The van der Waals surface area contributed by atoms with E-state index in [0.29, 0.717) is 16.8 Å². The second-order valence-electron chi connectivity index (χ2n) is 2.60. The minimum absolute atomic E-state index is 0.451. The van der Waals surface area contributed by atoms with Gasteiger partial charge in [-0.2, -0.15) is 0 Å². The van der Waals surface area contributed by atoms with E-state index in [0.717, 1.165) is 4.90 Å². The molecule has 0 saturated carbocycles. The average Bonchev–Trinajstić information content (AvgIpc) is 2.42. The summed E-state index contributed by atoms with van der Waals surface area (Å²) in [4.78, 5) is 14.3. The first-order valence-corrected chi connectivity index (χ1v) is 4.89. The molecule has 1 aromatic carbocycles. The van der Waals surface area contributed by atoms with Crippen LogP contribution in [0, 0.1) is 0 Å². The van der Waals surface area contributed by atoms with E-state index in [4.69, 9.17) is 10.2 Å². The average molecular weight is 196 g/mol. The highest BCUT2D eigenvalue weighted by Gasteiger charge is 2.05. The van der Waals surface area contributed by atoms with Gasteiger partial charge in [-0.05, 0) is 12.3 Å². The lowest BCUT2D eigenvalue weighted by Crippen LogP contribution is -1.92. The van der Waals surface area contributed by atoms with Gasteiger partial charge in [0.2, 0.25) is 0 Å². The van der Waals surface area contributed by atoms with E-state index in [1.54, 1.807) is 12.1 Å². The number of benzene rings is 1. The van der Waals surface area contributed by atoms with Crippen molar-refractivity contribution >= 4 is 28.5 Å². The largest absolute Gasteiger partial charge is 0.417 e. The predicted molar refractivity (Wildman–Crippen MR) is 53.0 cm³/mol. The van der Waals surface area contributed by atoms with Gasteiger partial charge >= 0.3 is 5.76 Å². The number of nitrogens with one attached hydrogen (secondary N) is 1. The maximum absolute atomic E-state index is 10.8. The Labute approximate surface area is 78.1 Å². The smallest absolute Gasteiger partial charge is 0.408 e. The Morgan fingerprint density at radius 3 is 3.00 bits per heavy atom. The summed E-state index contributed by atoms with van der Waals surface area (Å²) in [6, 6.07) is 3.46. The van der Waals surface area contributed by atoms with Gasteiger partial charge in [0.1, 0.15) is 0 Å². The highest BCUT2D eigenvalue weighted by molar-refractivity contribution is 7.98. The Hall–Kier alpha value is -1.36. The number of fused-ring (bicyclic) bond motifs is 1. The fourth-order valence-corrected chi connectivity index (χ4v) is 1.70. The van der Waals surface area contributed by atoms with Gasteiger partial charge in [-0.15, -0.1) is 11.8 Å². The maximum Gasteiger partial charge on any atom is 0.417 e. The summed E-state index contributed by atoms with van der Waals surface area (Å²) in [5.74, 6) is -0.451. The molecule has 0 aliphatic carbocycles. The molecule has 0 fully saturated rings.